The Morgan fingerprint density at radius 1 is 1.22 bits per heavy atom. The Morgan fingerprint density at radius 2 is 1.89 bits per heavy atom. The Labute approximate surface area is 111 Å². The molecule has 1 aromatic rings. The molecule has 2 unspecified atom stereocenters. The zero-order valence-corrected chi connectivity index (χ0v) is 12.2. The van der Waals surface area contributed by atoms with E-state index in [-0.39, 0.29) is 11.5 Å². The molecule has 2 atom stereocenters. The Hall–Kier alpha value is -1.02. The van der Waals surface area contributed by atoms with Gasteiger partial charge in [-0.1, -0.05) is 40.7 Å². The molecule has 0 radical (unpaired) electrons. The predicted molar refractivity (Wildman–Crippen MR) is 75.9 cm³/mol. The SMILES string of the molecule is CC(C)C(C)C(N)c1ccc2c(c1)C(C)(C)CO2. The van der Waals surface area contributed by atoms with Gasteiger partial charge in [-0.2, -0.15) is 0 Å². The highest BCUT2D eigenvalue weighted by molar-refractivity contribution is 5.45. The lowest BCUT2D eigenvalue weighted by atomic mass is 9.82. The van der Waals surface area contributed by atoms with Crippen molar-refractivity contribution in [3.63, 3.8) is 0 Å². The van der Waals surface area contributed by atoms with E-state index in [0.29, 0.717) is 11.8 Å². The van der Waals surface area contributed by atoms with Gasteiger partial charge in [-0.25, -0.2) is 0 Å². The van der Waals surface area contributed by atoms with Crippen molar-refractivity contribution in [1.29, 1.82) is 0 Å². The van der Waals surface area contributed by atoms with Crippen LogP contribution in [-0.4, -0.2) is 6.61 Å². The molecule has 18 heavy (non-hydrogen) atoms. The Kier molecular flexibility index (Phi) is 3.41. The molecule has 1 aromatic carbocycles. The van der Waals surface area contributed by atoms with Crippen molar-refractivity contribution in [3.8, 4) is 5.75 Å². The van der Waals surface area contributed by atoms with E-state index in [1.807, 2.05) is 0 Å². The maximum absolute atomic E-state index is 6.38. The third-order valence-corrected chi connectivity index (χ3v) is 4.32. The van der Waals surface area contributed by atoms with E-state index < -0.39 is 0 Å². The first kappa shape index (κ1) is 13.4. The highest BCUT2D eigenvalue weighted by atomic mass is 16.5. The van der Waals surface area contributed by atoms with Crippen molar-refractivity contribution in [2.24, 2.45) is 17.6 Å². The van der Waals surface area contributed by atoms with E-state index in [4.69, 9.17) is 10.5 Å². The normalized spacial score (nSPS) is 20.4. The van der Waals surface area contributed by atoms with Gasteiger partial charge < -0.3 is 10.5 Å². The van der Waals surface area contributed by atoms with Crippen molar-refractivity contribution in [2.75, 3.05) is 6.61 Å². The summed E-state index contributed by atoms with van der Waals surface area (Å²) in [5.74, 6) is 2.10. The van der Waals surface area contributed by atoms with Gasteiger partial charge >= 0.3 is 0 Å². The monoisotopic (exact) mass is 247 g/mol. The molecule has 0 fully saturated rings. The van der Waals surface area contributed by atoms with Crippen molar-refractivity contribution >= 4 is 0 Å². The average Bonchev–Trinajstić information content (AvgIpc) is 2.63. The first-order chi connectivity index (χ1) is 8.33. The number of hydrogen-bond donors (Lipinski definition) is 1. The second kappa shape index (κ2) is 4.58. The van der Waals surface area contributed by atoms with Crippen LogP contribution in [0.15, 0.2) is 18.2 Å². The summed E-state index contributed by atoms with van der Waals surface area (Å²) in [4.78, 5) is 0. The summed E-state index contributed by atoms with van der Waals surface area (Å²) in [7, 11) is 0. The molecule has 0 saturated carbocycles. The average molecular weight is 247 g/mol. The van der Waals surface area contributed by atoms with E-state index in [1.165, 1.54) is 11.1 Å². The maximum atomic E-state index is 6.38. The second-order valence-corrected chi connectivity index (χ2v) is 6.56. The van der Waals surface area contributed by atoms with Gasteiger partial charge in [0.05, 0.1) is 6.61 Å². The summed E-state index contributed by atoms with van der Waals surface area (Å²) in [6, 6.07) is 6.54. The van der Waals surface area contributed by atoms with E-state index in [1.54, 1.807) is 0 Å². The van der Waals surface area contributed by atoms with Crippen LogP contribution in [0, 0.1) is 11.8 Å². The molecule has 0 amide bonds. The van der Waals surface area contributed by atoms with Crippen LogP contribution in [0.5, 0.6) is 5.75 Å². The zero-order valence-electron chi connectivity index (χ0n) is 12.2. The molecule has 2 N–H and O–H groups in total. The molecule has 0 spiro atoms. The minimum Gasteiger partial charge on any atom is -0.492 e. The molecule has 0 saturated heterocycles. The van der Waals surface area contributed by atoms with Gasteiger partial charge in [-0.05, 0) is 29.5 Å². The summed E-state index contributed by atoms with van der Waals surface area (Å²) in [5, 5.41) is 0. The van der Waals surface area contributed by atoms with E-state index in [0.717, 1.165) is 12.4 Å². The lowest BCUT2D eigenvalue weighted by Crippen LogP contribution is -2.24. The molecule has 1 aliphatic heterocycles. The molecule has 0 aliphatic carbocycles. The first-order valence-electron chi connectivity index (χ1n) is 6.86. The van der Waals surface area contributed by atoms with Crippen LogP contribution in [0.25, 0.3) is 0 Å². The summed E-state index contributed by atoms with van der Waals surface area (Å²) in [6.45, 7) is 11.9. The van der Waals surface area contributed by atoms with Crippen molar-refractivity contribution < 1.29 is 4.74 Å². The molecule has 0 aromatic heterocycles. The summed E-state index contributed by atoms with van der Waals surface area (Å²) in [6.07, 6.45) is 0. The maximum Gasteiger partial charge on any atom is 0.123 e. The molecular weight excluding hydrogens is 222 g/mol. The van der Waals surface area contributed by atoms with Crippen LogP contribution < -0.4 is 10.5 Å². The van der Waals surface area contributed by atoms with E-state index in [2.05, 4.69) is 52.8 Å². The molecule has 2 rings (SSSR count). The first-order valence-corrected chi connectivity index (χ1v) is 6.86. The number of benzene rings is 1. The molecule has 2 nitrogen and oxygen atoms in total. The van der Waals surface area contributed by atoms with Crippen molar-refractivity contribution in [1.82, 2.24) is 0 Å². The third kappa shape index (κ3) is 2.26. The summed E-state index contributed by atoms with van der Waals surface area (Å²) >= 11 is 0. The largest absolute Gasteiger partial charge is 0.492 e. The van der Waals surface area contributed by atoms with Gasteiger partial charge in [0.15, 0.2) is 0 Å². The Balaban J connectivity index is 2.32. The number of rotatable bonds is 3. The second-order valence-electron chi connectivity index (χ2n) is 6.56. The van der Waals surface area contributed by atoms with Gasteiger partial charge in [-0.3, -0.25) is 0 Å². The molecule has 100 valence electrons. The number of nitrogens with two attached hydrogens (primary N) is 1. The van der Waals surface area contributed by atoms with Crippen molar-refractivity contribution in [3.05, 3.63) is 29.3 Å². The zero-order chi connectivity index (χ0) is 13.5. The minimum atomic E-state index is 0.103. The lowest BCUT2D eigenvalue weighted by Gasteiger charge is -2.25. The Bertz CT molecular complexity index is 437. The molecule has 0 bridgehead atoms. The summed E-state index contributed by atoms with van der Waals surface area (Å²) in [5.41, 5.74) is 9.01. The predicted octanol–water partition coefficient (Wildman–Crippen LogP) is 3.65. The van der Waals surface area contributed by atoms with Gasteiger partial charge in [0.2, 0.25) is 0 Å². The third-order valence-electron chi connectivity index (χ3n) is 4.32. The summed E-state index contributed by atoms with van der Waals surface area (Å²) < 4.78 is 5.72. The molecule has 1 heterocycles. The van der Waals surface area contributed by atoms with Crippen LogP contribution in [0.4, 0.5) is 0 Å². The fourth-order valence-electron chi connectivity index (χ4n) is 2.46. The highest BCUT2D eigenvalue weighted by Crippen LogP contribution is 2.40. The molecular formula is C16H25NO. The van der Waals surface area contributed by atoms with Gasteiger partial charge in [0.1, 0.15) is 5.75 Å². The van der Waals surface area contributed by atoms with E-state index >= 15 is 0 Å². The minimum absolute atomic E-state index is 0.103. The van der Waals surface area contributed by atoms with Crippen LogP contribution in [0.1, 0.15) is 51.8 Å². The number of ether oxygens (including phenoxy) is 1. The lowest BCUT2D eigenvalue weighted by molar-refractivity contribution is 0.291. The topological polar surface area (TPSA) is 35.2 Å². The molecule has 1 aliphatic rings. The number of fused-ring (bicyclic) bond motifs is 1. The van der Waals surface area contributed by atoms with Gasteiger partial charge in [-0.15, -0.1) is 0 Å². The highest BCUT2D eigenvalue weighted by Gasteiger charge is 2.32. The quantitative estimate of drug-likeness (QED) is 0.885. The standard InChI is InChI=1S/C16H25NO/c1-10(2)11(3)15(17)12-6-7-14-13(8-12)16(4,5)9-18-14/h6-8,10-11,15H,9,17H2,1-5H3. The van der Waals surface area contributed by atoms with Crippen LogP contribution in [0.2, 0.25) is 0 Å². The van der Waals surface area contributed by atoms with Crippen LogP contribution in [-0.2, 0) is 5.41 Å². The fourth-order valence-corrected chi connectivity index (χ4v) is 2.46. The van der Waals surface area contributed by atoms with Crippen LogP contribution >= 0.6 is 0 Å². The molecule has 2 heteroatoms. The van der Waals surface area contributed by atoms with Gasteiger partial charge in [0, 0.05) is 17.0 Å². The smallest absolute Gasteiger partial charge is 0.123 e. The van der Waals surface area contributed by atoms with Crippen LogP contribution in [0.3, 0.4) is 0 Å². The van der Waals surface area contributed by atoms with E-state index in [9.17, 15) is 0 Å². The van der Waals surface area contributed by atoms with Gasteiger partial charge in [0.25, 0.3) is 0 Å². The Morgan fingerprint density at radius 3 is 2.50 bits per heavy atom. The number of hydrogen-bond acceptors (Lipinski definition) is 2. The fraction of sp³-hybridized carbons (Fsp3) is 0.625. The van der Waals surface area contributed by atoms with Crippen molar-refractivity contribution in [2.45, 2.75) is 46.1 Å².